The lowest BCUT2D eigenvalue weighted by molar-refractivity contribution is 0.506. The second kappa shape index (κ2) is 4.29. The van der Waals surface area contributed by atoms with E-state index in [0.29, 0.717) is 5.69 Å². The zero-order chi connectivity index (χ0) is 14.4. The number of rotatable bonds is 0. The number of aromatic nitrogens is 1. The molecule has 0 fully saturated rings. The van der Waals surface area contributed by atoms with Crippen molar-refractivity contribution in [3.8, 4) is 0 Å². The van der Waals surface area contributed by atoms with Crippen molar-refractivity contribution in [3.05, 3.63) is 41.3 Å². The first-order valence-electron chi connectivity index (χ1n) is 6.70. The molecule has 2 heteroatoms. The Morgan fingerprint density at radius 3 is 2.05 bits per heavy atom. The summed E-state index contributed by atoms with van der Waals surface area (Å²) >= 11 is 0. The number of halogens is 1. The summed E-state index contributed by atoms with van der Waals surface area (Å²) in [7, 11) is 0. The van der Waals surface area contributed by atoms with E-state index in [2.05, 4.69) is 37.9 Å². The summed E-state index contributed by atoms with van der Waals surface area (Å²) in [4.78, 5) is 4.55. The largest absolute Gasteiger partial charge is 0.249 e. The molecule has 19 heavy (non-hydrogen) atoms. The lowest BCUT2D eigenvalue weighted by atomic mass is 9.86. The third kappa shape index (κ3) is 2.78. The first-order valence-corrected chi connectivity index (χ1v) is 6.70. The second-order valence-electron chi connectivity index (χ2n) is 7.23. The molecular formula is C17H22FN. The molecule has 1 aromatic heterocycles. The van der Waals surface area contributed by atoms with Gasteiger partial charge in [0.15, 0.2) is 0 Å². The van der Waals surface area contributed by atoms with E-state index < -0.39 is 0 Å². The summed E-state index contributed by atoms with van der Waals surface area (Å²) < 4.78 is 14.1. The number of fused-ring (bicyclic) bond motifs is 1. The Labute approximate surface area is 114 Å². The van der Waals surface area contributed by atoms with Crippen molar-refractivity contribution in [1.29, 1.82) is 0 Å². The molecule has 0 unspecified atom stereocenters. The molecule has 0 spiro atoms. The van der Waals surface area contributed by atoms with Gasteiger partial charge >= 0.3 is 0 Å². The minimum absolute atomic E-state index is 0.0755. The van der Waals surface area contributed by atoms with Crippen LogP contribution in [0.2, 0.25) is 0 Å². The Morgan fingerprint density at radius 2 is 1.53 bits per heavy atom. The molecule has 0 amide bonds. The van der Waals surface area contributed by atoms with Crippen LogP contribution in [0.1, 0.15) is 52.8 Å². The third-order valence-electron chi connectivity index (χ3n) is 3.35. The van der Waals surface area contributed by atoms with E-state index in [-0.39, 0.29) is 16.6 Å². The van der Waals surface area contributed by atoms with Gasteiger partial charge in [-0.25, -0.2) is 9.37 Å². The van der Waals surface area contributed by atoms with E-state index in [1.807, 2.05) is 26.8 Å². The van der Waals surface area contributed by atoms with Gasteiger partial charge in [-0.2, -0.15) is 0 Å². The Kier molecular flexibility index (Phi) is 3.16. The van der Waals surface area contributed by atoms with Gasteiger partial charge in [-0.05, 0) is 23.1 Å². The van der Waals surface area contributed by atoms with Crippen LogP contribution in [0.15, 0.2) is 24.3 Å². The van der Waals surface area contributed by atoms with Crippen molar-refractivity contribution < 1.29 is 4.39 Å². The van der Waals surface area contributed by atoms with Crippen molar-refractivity contribution in [2.45, 2.75) is 52.4 Å². The number of hydrogen-bond acceptors (Lipinski definition) is 1. The predicted octanol–water partition coefficient (Wildman–Crippen LogP) is 4.97. The van der Waals surface area contributed by atoms with Gasteiger partial charge in [0, 0.05) is 10.8 Å². The second-order valence-corrected chi connectivity index (χ2v) is 7.23. The lowest BCUT2D eigenvalue weighted by Crippen LogP contribution is -2.16. The molecule has 0 aliphatic carbocycles. The van der Waals surface area contributed by atoms with Gasteiger partial charge in [0.25, 0.3) is 0 Å². The average molecular weight is 259 g/mol. The molecular weight excluding hydrogens is 237 g/mol. The predicted molar refractivity (Wildman–Crippen MR) is 79.1 cm³/mol. The highest BCUT2D eigenvalue weighted by molar-refractivity contribution is 5.80. The first kappa shape index (κ1) is 14.0. The third-order valence-corrected chi connectivity index (χ3v) is 3.35. The molecule has 1 aromatic carbocycles. The number of benzene rings is 1. The molecule has 0 atom stereocenters. The Balaban J connectivity index is 2.69. The lowest BCUT2D eigenvalue weighted by Gasteiger charge is -2.21. The topological polar surface area (TPSA) is 12.9 Å². The molecule has 0 aliphatic rings. The highest BCUT2D eigenvalue weighted by Crippen LogP contribution is 2.29. The number of hydrogen-bond donors (Lipinski definition) is 0. The van der Waals surface area contributed by atoms with Crippen LogP contribution in [-0.4, -0.2) is 4.98 Å². The molecule has 0 N–H and O–H groups in total. The molecule has 0 saturated heterocycles. The van der Waals surface area contributed by atoms with Gasteiger partial charge in [0.1, 0.15) is 5.82 Å². The van der Waals surface area contributed by atoms with Gasteiger partial charge in [-0.3, -0.25) is 0 Å². The fourth-order valence-electron chi connectivity index (χ4n) is 2.13. The van der Waals surface area contributed by atoms with Crippen LogP contribution < -0.4 is 0 Å². The fourth-order valence-corrected chi connectivity index (χ4v) is 2.13. The smallest absolute Gasteiger partial charge is 0.145 e. The quantitative estimate of drug-likeness (QED) is 0.651. The Hall–Kier alpha value is -1.44. The molecule has 0 radical (unpaired) electrons. The molecule has 2 rings (SSSR count). The van der Waals surface area contributed by atoms with Gasteiger partial charge in [-0.15, -0.1) is 0 Å². The number of pyridine rings is 1. The first-order chi connectivity index (χ1) is 8.59. The van der Waals surface area contributed by atoms with E-state index in [1.165, 1.54) is 5.56 Å². The maximum absolute atomic E-state index is 14.1. The minimum atomic E-state index is -0.282. The standard InChI is InChI=1S/C17H22FN/c1-16(2,3)12-8-7-11-9-13(18)15(17(4,5)6)19-14(11)10-12/h7-10H,1-6H3. The summed E-state index contributed by atoms with van der Waals surface area (Å²) in [5.41, 5.74) is 2.42. The summed E-state index contributed by atoms with van der Waals surface area (Å²) in [6, 6.07) is 7.68. The van der Waals surface area contributed by atoms with Crippen molar-refractivity contribution >= 4 is 10.9 Å². The molecule has 0 aliphatic heterocycles. The van der Waals surface area contributed by atoms with Crippen LogP contribution in [0.3, 0.4) is 0 Å². The summed E-state index contributed by atoms with van der Waals surface area (Å²) in [6.45, 7) is 12.5. The molecule has 0 saturated carbocycles. The van der Waals surface area contributed by atoms with Gasteiger partial charge in [0.2, 0.25) is 0 Å². The van der Waals surface area contributed by atoms with Crippen LogP contribution >= 0.6 is 0 Å². The Bertz CT molecular complexity index is 615. The Morgan fingerprint density at radius 1 is 0.895 bits per heavy atom. The highest BCUT2D eigenvalue weighted by Gasteiger charge is 2.21. The van der Waals surface area contributed by atoms with E-state index in [0.717, 1.165) is 10.9 Å². The van der Waals surface area contributed by atoms with E-state index in [9.17, 15) is 4.39 Å². The average Bonchev–Trinajstić information content (AvgIpc) is 2.24. The fraction of sp³-hybridized carbons (Fsp3) is 0.471. The van der Waals surface area contributed by atoms with Gasteiger partial charge in [0.05, 0.1) is 11.2 Å². The molecule has 2 aromatic rings. The maximum Gasteiger partial charge on any atom is 0.145 e. The monoisotopic (exact) mass is 259 g/mol. The highest BCUT2D eigenvalue weighted by atomic mass is 19.1. The summed E-state index contributed by atoms with van der Waals surface area (Å²) in [6.07, 6.45) is 0. The zero-order valence-electron chi connectivity index (χ0n) is 12.6. The number of nitrogens with zero attached hydrogens (tertiary/aromatic N) is 1. The van der Waals surface area contributed by atoms with Crippen LogP contribution in [0.4, 0.5) is 4.39 Å². The van der Waals surface area contributed by atoms with Crippen LogP contribution in [0.5, 0.6) is 0 Å². The van der Waals surface area contributed by atoms with Gasteiger partial charge in [-0.1, -0.05) is 53.7 Å². The molecule has 0 bridgehead atoms. The van der Waals surface area contributed by atoms with E-state index >= 15 is 0 Å². The molecule has 1 nitrogen and oxygen atoms in total. The van der Waals surface area contributed by atoms with E-state index in [1.54, 1.807) is 6.07 Å². The normalized spacial score (nSPS) is 13.0. The minimum Gasteiger partial charge on any atom is -0.249 e. The van der Waals surface area contributed by atoms with E-state index in [4.69, 9.17) is 0 Å². The summed E-state index contributed by atoms with van der Waals surface area (Å²) in [5, 5.41) is 0.860. The van der Waals surface area contributed by atoms with Crippen molar-refractivity contribution in [2.24, 2.45) is 0 Å². The maximum atomic E-state index is 14.1. The molecule has 1 heterocycles. The summed E-state index contributed by atoms with van der Waals surface area (Å²) in [5.74, 6) is -0.219. The van der Waals surface area contributed by atoms with Crippen LogP contribution in [-0.2, 0) is 10.8 Å². The SMILES string of the molecule is CC(C)(C)c1ccc2cc(F)c(C(C)(C)C)nc2c1. The van der Waals surface area contributed by atoms with Crippen molar-refractivity contribution in [1.82, 2.24) is 4.98 Å². The van der Waals surface area contributed by atoms with Gasteiger partial charge < -0.3 is 0 Å². The van der Waals surface area contributed by atoms with Crippen molar-refractivity contribution in [2.75, 3.05) is 0 Å². The van der Waals surface area contributed by atoms with Crippen LogP contribution in [0, 0.1) is 5.82 Å². The van der Waals surface area contributed by atoms with Crippen molar-refractivity contribution in [3.63, 3.8) is 0 Å². The zero-order valence-corrected chi connectivity index (χ0v) is 12.6. The molecule has 102 valence electrons. The van der Waals surface area contributed by atoms with Crippen LogP contribution in [0.25, 0.3) is 10.9 Å².